The van der Waals surface area contributed by atoms with E-state index in [0.29, 0.717) is 0 Å². The molecule has 6 heteroatoms. The predicted octanol–water partition coefficient (Wildman–Crippen LogP) is 3.06. The first-order valence-corrected chi connectivity index (χ1v) is 8.46. The van der Waals surface area contributed by atoms with Gasteiger partial charge in [0, 0.05) is 18.1 Å². The second-order valence-electron chi connectivity index (χ2n) is 5.64. The summed E-state index contributed by atoms with van der Waals surface area (Å²) in [5.74, 6) is 0.839. The van der Waals surface area contributed by atoms with Gasteiger partial charge in [-0.1, -0.05) is 6.07 Å². The number of hydrogen-bond acceptors (Lipinski definition) is 5. The summed E-state index contributed by atoms with van der Waals surface area (Å²) >= 11 is 1.69. The number of thiazole rings is 1. The molecular weight excluding hydrogens is 316 g/mol. The molecule has 0 spiro atoms. The molecule has 0 aromatic carbocycles. The largest absolute Gasteiger partial charge is 0.319 e. The van der Waals surface area contributed by atoms with Crippen molar-refractivity contribution in [2.75, 3.05) is 26.7 Å². The van der Waals surface area contributed by atoms with Crippen LogP contribution in [0.15, 0.2) is 29.8 Å². The number of hydrogen-bond donors (Lipinski definition) is 1. The quantitative estimate of drug-likeness (QED) is 0.909. The minimum atomic E-state index is 0. The summed E-state index contributed by atoms with van der Waals surface area (Å²) in [4.78, 5) is 11.6. The van der Waals surface area contributed by atoms with Crippen LogP contribution in [0, 0.1) is 5.92 Å². The molecule has 1 saturated heterocycles. The van der Waals surface area contributed by atoms with Gasteiger partial charge >= 0.3 is 0 Å². The standard InChI is InChI=1S/C16H22N4S.ClH/c1-17-10-13-5-8-20(9-6-13)11-14-12-21-16(19-14)15-4-2-3-7-18-15;/h2-4,7,12-13,17H,5-6,8-11H2,1H3;1H. The van der Waals surface area contributed by atoms with Crippen molar-refractivity contribution in [3.05, 3.63) is 35.5 Å². The normalized spacial score (nSPS) is 16.4. The van der Waals surface area contributed by atoms with Crippen molar-refractivity contribution < 1.29 is 0 Å². The zero-order valence-corrected chi connectivity index (χ0v) is 14.5. The van der Waals surface area contributed by atoms with Gasteiger partial charge in [0.1, 0.15) is 5.01 Å². The highest BCUT2D eigenvalue weighted by Gasteiger charge is 2.19. The summed E-state index contributed by atoms with van der Waals surface area (Å²) in [5, 5.41) is 6.48. The monoisotopic (exact) mass is 338 g/mol. The lowest BCUT2D eigenvalue weighted by atomic mass is 9.97. The highest BCUT2D eigenvalue weighted by molar-refractivity contribution is 7.13. The van der Waals surface area contributed by atoms with Crippen LogP contribution in [0.25, 0.3) is 10.7 Å². The molecule has 0 unspecified atom stereocenters. The summed E-state index contributed by atoms with van der Waals surface area (Å²) < 4.78 is 0. The number of rotatable bonds is 5. The number of pyridine rings is 1. The molecule has 2 aromatic heterocycles. The third kappa shape index (κ3) is 4.49. The number of nitrogens with zero attached hydrogens (tertiary/aromatic N) is 3. The summed E-state index contributed by atoms with van der Waals surface area (Å²) in [5.41, 5.74) is 2.15. The van der Waals surface area contributed by atoms with Gasteiger partial charge in [-0.3, -0.25) is 9.88 Å². The summed E-state index contributed by atoms with van der Waals surface area (Å²) in [6.45, 7) is 4.48. The molecular formula is C16H23ClN4S. The average molecular weight is 339 g/mol. The first-order valence-electron chi connectivity index (χ1n) is 7.58. The van der Waals surface area contributed by atoms with Crippen LogP contribution >= 0.6 is 23.7 Å². The predicted molar refractivity (Wildman–Crippen MR) is 94.5 cm³/mol. The van der Waals surface area contributed by atoms with Crippen LogP contribution in [0.5, 0.6) is 0 Å². The Morgan fingerprint density at radius 1 is 1.32 bits per heavy atom. The van der Waals surface area contributed by atoms with E-state index in [4.69, 9.17) is 4.98 Å². The van der Waals surface area contributed by atoms with Gasteiger partial charge in [0.05, 0.1) is 11.4 Å². The maximum atomic E-state index is 4.73. The van der Waals surface area contributed by atoms with Crippen molar-refractivity contribution in [2.45, 2.75) is 19.4 Å². The van der Waals surface area contributed by atoms with Gasteiger partial charge in [-0.15, -0.1) is 23.7 Å². The Morgan fingerprint density at radius 3 is 2.82 bits per heavy atom. The smallest absolute Gasteiger partial charge is 0.142 e. The van der Waals surface area contributed by atoms with Crippen molar-refractivity contribution in [3.63, 3.8) is 0 Å². The van der Waals surface area contributed by atoms with E-state index in [1.165, 1.54) is 31.6 Å². The van der Waals surface area contributed by atoms with Gasteiger partial charge in [-0.25, -0.2) is 4.98 Å². The van der Waals surface area contributed by atoms with E-state index < -0.39 is 0 Å². The first-order chi connectivity index (χ1) is 10.3. The molecule has 1 aliphatic rings. The van der Waals surface area contributed by atoms with Crippen LogP contribution in [0.1, 0.15) is 18.5 Å². The molecule has 3 heterocycles. The number of likely N-dealkylation sites (tertiary alicyclic amines) is 1. The molecule has 1 N–H and O–H groups in total. The van der Waals surface area contributed by atoms with Crippen molar-refractivity contribution >= 4 is 23.7 Å². The van der Waals surface area contributed by atoms with Gasteiger partial charge in [0.2, 0.25) is 0 Å². The Bertz CT molecular complexity index is 552. The highest BCUT2D eigenvalue weighted by atomic mass is 35.5. The fourth-order valence-electron chi connectivity index (χ4n) is 2.85. The Labute approximate surface area is 142 Å². The molecule has 1 fully saturated rings. The molecule has 0 saturated carbocycles. The molecule has 4 nitrogen and oxygen atoms in total. The Hall–Kier alpha value is -1.01. The van der Waals surface area contributed by atoms with Crippen molar-refractivity contribution in [1.29, 1.82) is 0 Å². The van der Waals surface area contributed by atoms with Crippen LogP contribution < -0.4 is 5.32 Å². The topological polar surface area (TPSA) is 41.0 Å². The zero-order chi connectivity index (χ0) is 14.5. The van der Waals surface area contributed by atoms with Crippen LogP contribution in [-0.4, -0.2) is 41.5 Å². The van der Waals surface area contributed by atoms with Gasteiger partial charge < -0.3 is 5.32 Å². The Morgan fingerprint density at radius 2 is 2.14 bits per heavy atom. The van der Waals surface area contributed by atoms with E-state index >= 15 is 0 Å². The summed E-state index contributed by atoms with van der Waals surface area (Å²) in [7, 11) is 2.04. The third-order valence-corrected chi connectivity index (χ3v) is 4.93. The van der Waals surface area contributed by atoms with Crippen LogP contribution in [-0.2, 0) is 6.54 Å². The maximum absolute atomic E-state index is 4.73. The van der Waals surface area contributed by atoms with Crippen LogP contribution in [0.3, 0.4) is 0 Å². The lowest BCUT2D eigenvalue weighted by Gasteiger charge is -2.31. The number of nitrogens with one attached hydrogen (secondary N) is 1. The molecule has 0 bridgehead atoms. The van der Waals surface area contributed by atoms with E-state index in [9.17, 15) is 0 Å². The minimum absolute atomic E-state index is 0. The summed E-state index contributed by atoms with van der Waals surface area (Å²) in [6.07, 6.45) is 4.40. The van der Waals surface area contributed by atoms with E-state index in [-0.39, 0.29) is 12.4 Å². The lowest BCUT2D eigenvalue weighted by Crippen LogP contribution is -2.36. The third-order valence-electron chi connectivity index (χ3n) is 4.02. The second kappa shape index (κ2) is 8.58. The highest BCUT2D eigenvalue weighted by Crippen LogP contribution is 2.23. The molecule has 0 radical (unpaired) electrons. The SMILES string of the molecule is CNCC1CCN(Cc2csc(-c3ccccn3)n2)CC1.Cl. The van der Waals surface area contributed by atoms with Gasteiger partial charge in [-0.2, -0.15) is 0 Å². The minimum Gasteiger partial charge on any atom is -0.319 e. The summed E-state index contributed by atoms with van der Waals surface area (Å²) in [6, 6.07) is 5.97. The molecule has 120 valence electrons. The van der Waals surface area contributed by atoms with E-state index in [2.05, 4.69) is 20.6 Å². The lowest BCUT2D eigenvalue weighted by molar-refractivity contribution is 0.175. The van der Waals surface area contributed by atoms with Crippen molar-refractivity contribution in [2.24, 2.45) is 5.92 Å². The molecule has 0 amide bonds. The fraction of sp³-hybridized carbons (Fsp3) is 0.500. The fourth-order valence-corrected chi connectivity index (χ4v) is 3.64. The van der Waals surface area contributed by atoms with E-state index in [1.807, 2.05) is 31.4 Å². The van der Waals surface area contributed by atoms with Crippen LogP contribution in [0.4, 0.5) is 0 Å². The molecule has 1 aliphatic heterocycles. The molecule has 3 rings (SSSR count). The van der Waals surface area contributed by atoms with Crippen LogP contribution in [0.2, 0.25) is 0 Å². The van der Waals surface area contributed by atoms with Gasteiger partial charge in [0.15, 0.2) is 0 Å². The number of aromatic nitrogens is 2. The molecule has 22 heavy (non-hydrogen) atoms. The van der Waals surface area contributed by atoms with Crippen molar-refractivity contribution in [1.82, 2.24) is 20.2 Å². The second-order valence-corrected chi connectivity index (χ2v) is 6.49. The van der Waals surface area contributed by atoms with E-state index in [0.717, 1.165) is 29.7 Å². The number of halogens is 1. The number of piperidine rings is 1. The maximum Gasteiger partial charge on any atom is 0.142 e. The van der Waals surface area contributed by atoms with Crippen molar-refractivity contribution in [3.8, 4) is 10.7 Å². The molecule has 2 aromatic rings. The zero-order valence-electron chi connectivity index (χ0n) is 12.9. The van der Waals surface area contributed by atoms with Gasteiger partial charge in [0.25, 0.3) is 0 Å². The first kappa shape index (κ1) is 17.3. The average Bonchev–Trinajstić information content (AvgIpc) is 2.99. The van der Waals surface area contributed by atoms with E-state index in [1.54, 1.807) is 11.3 Å². The van der Waals surface area contributed by atoms with Gasteiger partial charge in [-0.05, 0) is 57.6 Å². The molecule has 0 atom stereocenters. The Balaban J connectivity index is 0.00000176. The Kier molecular flexibility index (Phi) is 6.76. The molecule has 0 aliphatic carbocycles.